The minimum Gasteiger partial charge on any atom is -0.497 e. The molecule has 2 unspecified atom stereocenters. The maximum Gasteiger partial charge on any atom is 0.229 e. The molecule has 0 bridgehead atoms. The van der Waals surface area contributed by atoms with Gasteiger partial charge in [-0.2, -0.15) is 0 Å². The fourth-order valence-corrected chi connectivity index (χ4v) is 4.79. The summed E-state index contributed by atoms with van der Waals surface area (Å²) in [6.07, 6.45) is 4.98. The van der Waals surface area contributed by atoms with Gasteiger partial charge in [-0.05, 0) is 49.1 Å². The zero-order valence-electron chi connectivity index (χ0n) is 17.5. The van der Waals surface area contributed by atoms with Crippen LogP contribution in [0.15, 0.2) is 54.6 Å². The van der Waals surface area contributed by atoms with Crippen molar-refractivity contribution >= 4 is 17.5 Å². The summed E-state index contributed by atoms with van der Waals surface area (Å²) < 4.78 is 5.19. The monoisotopic (exact) mass is 406 g/mol. The predicted octanol–water partition coefficient (Wildman–Crippen LogP) is 4.46. The van der Waals surface area contributed by atoms with Gasteiger partial charge >= 0.3 is 0 Å². The van der Waals surface area contributed by atoms with Crippen molar-refractivity contribution in [3.63, 3.8) is 0 Å². The summed E-state index contributed by atoms with van der Waals surface area (Å²) in [6, 6.07) is 17.6. The Kier molecular flexibility index (Phi) is 6.36. The van der Waals surface area contributed by atoms with Crippen LogP contribution in [0.25, 0.3) is 0 Å². The quantitative estimate of drug-likeness (QED) is 0.798. The van der Waals surface area contributed by atoms with Gasteiger partial charge in [0.25, 0.3) is 0 Å². The van der Waals surface area contributed by atoms with Crippen LogP contribution in [0.4, 0.5) is 5.69 Å². The number of carbonyl (C=O) groups excluding carboxylic acids is 2. The van der Waals surface area contributed by atoms with Crippen molar-refractivity contribution < 1.29 is 14.3 Å². The Labute approximate surface area is 178 Å². The Bertz CT molecular complexity index is 860. The lowest BCUT2D eigenvalue weighted by molar-refractivity contribution is -0.138. The molecule has 2 amide bonds. The lowest BCUT2D eigenvalue weighted by Crippen LogP contribution is -2.48. The number of ether oxygens (including phenoxy) is 1. The van der Waals surface area contributed by atoms with Gasteiger partial charge in [-0.15, -0.1) is 0 Å². The summed E-state index contributed by atoms with van der Waals surface area (Å²) in [5.74, 6) is 1.04. The van der Waals surface area contributed by atoms with Crippen LogP contribution in [0.5, 0.6) is 5.75 Å². The van der Waals surface area contributed by atoms with Gasteiger partial charge in [0, 0.05) is 30.6 Å². The van der Waals surface area contributed by atoms with E-state index in [0.29, 0.717) is 13.1 Å². The van der Waals surface area contributed by atoms with Gasteiger partial charge in [-0.1, -0.05) is 43.2 Å². The third-order valence-corrected chi connectivity index (χ3v) is 6.47. The van der Waals surface area contributed by atoms with Crippen molar-refractivity contribution in [3.8, 4) is 5.75 Å². The summed E-state index contributed by atoms with van der Waals surface area (Å²) >= 11 is 0. The van der Waals surface area contributed by atoms with Gasteiger partial charge in [0.1, 0.15) is 5.75 Å². The smallest absolute Gasteiger partial charge is 0.229 e. The van der Waals surface area contributed by atoms with E-state index in [-0.39, 0.29) is 29.6 Å². The van der Waals surface area contributed by atoms with Crippen LogP contribution in [0.1, 0.15) is 43.6 Å². The third-order valence-electron chi connectivity index (χ3n) is 6.47. The fraction of sp³-hybridized carbons (Fsp3) is 0.440. The first-order valence-corrected chi connectivity index (χ1v) is 10.9. The average Bonchev–Trinajstić information content (AvgIpc) is 3.34. The Hall–Kier alpha value is -2.82. The largest absolute Gasteiger partial charge is 0.497 e. The van der Waals surface area contributed by atoms with E-state index < -0.39 is 0 Å². The van der Waals surface area contributed by atoms with Gasteiger partial charge in [-0.3, -0.25) is 9.59 Å². The fourth-order valence-electron chi connectivity index (χ4n) is 4.79. The number of hydrogen-bond acceptors (Lipinski definition) is 3. The van der Waals surface area contributed by atoms with Crippen LogP contribution in [0.3, 0.4) is 0 Å². The van der Waals surface area contributed by atoms with E-state index in [4.69, 9.17) is 4.74 Å². The average molecular weight is 407 g/mol. The number of benzene rings is 2. The number of likely N-dealkylation sites (tertiary alicyclic amines) is 1. The van der Waals surface area contributed by atoms with Crippen LogP contribution >= 0.6 is 0 Å². The zero-order valence-corrected chi connectivity index (χ0v) is 17.5. The molecule has 1 saturated carbocycles. The lowest BCUT2D eigenvalue weighted by atomic mass is 9.83. The van der Waals surface area contributed by atoms with E-state index >= 15 is 0 Å². The molecule has 30 heavy (non-hydrogen) atoms. The molecule has 2 fully saturated rings. The van der Waals surface area contributed by atoms with Gasteiger partial charge in [0.15, 0.2) is 0 Å². The second-order valence-electron chi connectivity index (χ2n) is 8.48. The number of carbonyl (C=O) groups is 2. The summed E-state index contributed by atoms with van der Waals surface area (Å²) in [5.41, 5.74) is 1.94. The standard InChI is InChI=1S/C25H30N2O3/c1-30-23-13-11-22(12-14-23)26-24(28)21-15-20(18-7-3-2-4-8-18)16-27(17-21)25(29)19-9-5-6-10-19/h2-4,7-8,11-14,19-21H,5-6,9-10,15-17H2,1H3,(H,26,28). The molecule has 5 nitrogen and oxygen atoms in total. The first-order chi connectivity index (χ1) is 14.6. The SMILES string of the molecule is COc1ccc(NC(=O)C2CC(c3ccccc3)CN(C(=O)C3CCCC3)C2)cc1. The van der Waals surface area contributed by atoms with Crippen molar-refractivity contribution in [3.05, 3.63) is 60.2 Å². The van der Waals surface area contributed by atoms with Crippen LogP contribution in [0, 0.1) is 11.8 Å². The lowest BCUT2D eigenvalue weighted by Gasteiger charge is -2.38. The number of hydrogen-bond donors (Lipinski definition) is 1. The molecule has 2 aromatic rings. The molecule has 5 heteroatoms. The van der Waals surface area contributed by atoms with Gasteiger partial charge in [-0.25, -0.2) is 0 Å². The first-order valence-electron chi connectivity index (χ1n) is 10.9. The number of rotatable bonds is 5. The van der Waals surface area contributed by atoms with Crippen molar-refractivity contribution in [1.29, 1.82) is 0 Å². The molecule has 1 heterocycles. The molecule has 0 radical (unpaired) electrons. The maximum absolute atomic E-state index is 13.2. The molecule has 1 aliphatic carbocycles. The molecule has 0 aromatic heterocycles. The third kappa shape index (κ3) is 4.66. The maximum atomic E-state index is 13.2. The topological polar surface area (TPSA) is 58.6 Å². The normalized spacial score (nSPS) is 22.0. The zero-order chi connectivity index (χ0) is 20.9. The highest BCUT2D eigenvalue weighted by molar-refractivity contribution is 5.93. The van der Waals surface area contributed by atoms with Crippen LogP contribution in [-0.4, -0.2) is 36.9 Å². The minimum atomic E-state index is -0.226. The number of nitrogens with zero attached hydrogens (tertiary/aromatic N) is 1. The number of piperidine rings is 1. The number of methoxy groups -OCH3 is 1. The highest BCUT2D eigenvalue weighted by Crippen LogP contribution is 2.34. The Morgan fingerprint density at radius 1 is 0.933 bits per heavy atom. The van der Waals surface area contributed by atoms with E-state index in [1.54, 1.807) is 7.11 Å². The molecule has 4 rings (SSSR count). The summed E-state index contributed by atoms with van der Waals surface area (Å²) in [6.45, 7) is 1.20. The molecule has 0 spiro atoms. The highest BCUT2D eigenvalue weighted by Gasteiger charge is 2.37. The molecule has 2 aromatic carbocycles. The molecule has 1 N–H and O–H groups in total. The molecular formula is C25H30N2O3. The Morgan fingerprint density at radius 3 is 2.30 bits per heavy atom. The molecule has 2 atom stereocenters. The number of anilines is 1. The van der Waals surface area contributed by atoms with Crippen molar-refractivity contribution in [1.82, 2.24) is 4.90 Å². The van der Waals surface area contributed by atoms with Crippen molar-refractivity contribution in [2.24, 2.45) is 11.8 Å². The van der Waals surface area contributed by atoms with Gasteiger partial charge in [0.2, 0.25) is 11.8 Å². The molecular weight excluding hydrogens is 376 g/mol. The number of nitrogens with one attached hydrogen (secondary N) is 1. The Balaban J connectivity index is 1.50. The van der Waals surface area contributed by atoms with Crippen molar-refractivity contribution in [2.45, 2.75) is 38.0 Å². The summed E-state index contributed by atoms with van der Waals surface area (Å²) in [4.78, 5) is 28.2. The molecule has 1 aliphatic heterocycles. The van der Waals surface area contributed by atoms with E-state index in [1.165, 1.54) is 5.56 Å². The number of amides is 2. The second kappa shape index (κ2) is 9.33. The van der Waals surface area contributed by atoms with Crippen LogP contribution < -0.4 is 10.1 Å². The van der Waals surface area contributed by atoms with E-state index in [9.17, 15) is 9.59 Å². The molecule has 158 valence electrons. The van der Waals surface area contributed by atoms with Crippen molar-refractivity contribution in [2.75, 3.05) is 25.5 Å². The van der Waals surface area contributed by atoms with Gasteiger partial charge < -0.3 is 15.0 Å². The predicted molar refractivity (Wildman–Crippen MR) is 117 cm³/mol. The minimum absolute atomic E-state index is 0.0231. The molecule has 1 saturated heterocycles. The van der Waals surface area contributed by atoms with E-state index in [1.807, 2.05) is 47.4 Å². The highest BCUT2D eigenvalue weighted by atomic mass is 16.5. The van der Waals surface area contributed by atoms with Crippen LogP contribution in [-0.2, 0) is 9.59 Å². The summed E-state index contributed by atoms with van der Waals surface area (Å²) in [5, 5.41) is 3.03. The van der Waals surface area contributed by atoms with E-state index in [2.05, 4.69) is 17.4 Å². The second-order valence-corrected chi connectivity index (χ2v) is 8.48. The molecule has 2 aliphatic rings. The van der Waals surface area contributed by atoms with Gasteiger partial charge in [0.05, 0.1) is 13.0 Å². The van der Waals surface area contributed by atoms with E-state index in [0.717, 1.165) is 43.5 Å². The summed E-state index contributed by atoms with van der Waals surface area (Å²) in [7, 11) is 1.62. The van der Waals surface area contributed by atoms with Crippen LogP contribution in [0.2, 0.25) is 0 Å². The first kappa shape index (κ1) is 20.5. The Morgan fingerprint density at radius 2 is 1.63 bits per heavy atom.